The molecule has 1 aliphatic rings. The van der Waals surface area contributed by atoms with Gasteiger partial charge in [-0.05, 0) is 25.2 Å². The topological polar surface area (TPSA) is 74.6 Å². The van der Waals surface area contributed by atoms with Gasteiger partial charge in [0.15, 0.2) is 0 Å². The Balaban J connectivity index is 3.04. The molecule has 1 rings (SSSR count). The van der Waals surface area contributed by atoms with Gasteiger partial charge in [0, 0.05) is 5.57 Å². The van der Waals surface area contributed by atoms with Gasteiger partial charge in [-0.25, -0.2) is 9.59 Å². The van der Waals surface area contributed by atoms with Crippen LogP contribution in [0, 0.1) is 5.92 Å². The lowest BCUT2D eigenvalue weighted by molar-refractivity contribution is -0.136. The lowest BCUT2D eigenvalue weighted by atomic mass is 9.81. The van der Waals surface area contributed by atoms with Gasteiger partial charge in [-0.3, -0.25) is 0 Å². The van der Waals surface area contributed by atoms with E-state index < -0.39 is 11.9 Å². The van der Waals surface area contributed by atoms with E-state index in [1.54, 1.807) is 6.92 Å². The maximum absolute atomic E-state index is 11.2. The van der Waals surface area contributed by atoms with Crippen molar-refractivity contribution in [1.82, 2.24) is 0 Å². The van der Waals surface area contributed by atoms with Crippen LogP contribution in [-0.4, -0.2) is 22.2 Å². The van der Waals surface area contributed by atoms with E-state index in [0.29, 0.717) is 0 Å². The van der Waals surface area contributed by atoms with Gasteiger partial charge < -0.3 is 10.2 Å². The van der Waals surface area contributed by atoms with Gasteiger partial charge in [0.2, 0.25) is 0 Å². The van der Waals surface area contributed by atoms with Crippen LogP contribution in [0.25, 0.3) is 0 Å². The van der Waals surface area contributed by atoms with Gasteiger partial charge in [-0.15, -0.1) is 0 Å². The van der Waals surface area contributed by atoms with Crippen LogP contribution < -0.4 is 0 Å². The molecule has 1 saturated carbocycles. The second-order valence-corrected chi connectivity index (χ2v) is 4.19. The molecule has 0 aromatic rings. The van der Waals surface area contributed by atoms with Crippen LogP contribution in [0.5, 0.6) is 0 Å². The van der Waals surface area contributed by atoms with Crippen LogP contribution in [0.15, 0.2) is 11.1 Å². The molecule has 4 nitrogen and oxygen atoms in total. The number of hydrogen-bond donors (Lipinski definition) is 2. The van der Waals surface area contributed by atoms with Crippen LogP contribution in [0.3, 0.4) is 0 Å². The standard InChI is InChI=1S/C12H18O4/c1-2-9(11(13)14)10(12(15)16)8-6-4-3-5-7-8/h8H,2-7H2,1H3,(H,13,14)(H,15,16). The number of hydrogen-bond acceptors (Lipinski definition) is 2. The minimum atomic E-state index is -1.09. The van der Waals surface area contributed by atoms with Gasteiger partial charge in [-0.2, -0.15) is 0 Å². The van der Waals surface area contributed by atoms with Gasteiger partial charge >= 0.3 is 11.9 Å². The molecule has 0 unspecified atom stereocenters. The molecule has 0 heterocycles. The largest absolute Gasteiger partial charge is 0.478 e. The van der Waals surface area contributed by atoms with E-state index in [1.165, 1.54) is 0 Å². The molecular weight excluding hydrogens is 208 g/mol. The van der Waals surface area contributed by atoms with E-state index in [9.17, 15) is 9.59 Å². The zero-order valence-corrected chi connectivity index (χ0v) is 9.53. The van der Waals surface area contributed by atoms with E-state index in [1.807, 2.05) is 0 Å². The molecule has 1 fully saturated rings. The molecule has 0 radical (unpaired) electrons. The minimum Gasteiger partial charge on any atom is -0.478 e. The molecule has 16 heavy (non-hydrogen) atoms. The normalized spacial score (nSPS) is 19.1. The zero-order valence-electron chi connectivity index (χ0n) is 9.53. The lowest BCUT2D eigenvalue weighted by Gasteiger charge is -2.23. The summed E-state index contributed by atoms with van der Waals surface area (Å²) >= 11 is 0. The Bertz CT molecular complexity index is 311. The molecule has 0 aromatic carbocycles. The Hall–Kier alpha value is -1.32. The van der Waals surface area contributed by atoms with Crippen molar-refractivity contribution < 1.29 is 19.8 Å². The number of carboxylic acid groups (broad SMARTS) is 2. The summed E-state index contributed by atoms with van der Waals surface area (Å²) < 4.78 is 0. The van der Waals surface area contributed by atoms with E-state index >= 15 is 0 Å². The second kappa shape index (κ2) is 5.68. The minimum absolute atomic E-state index is 0.0689. The van der Waals surface area contributed by atoms with E-state index in [0.717, 1.165) is 32.1 Å². The van der Waals surface area contributed by atoms with E-state index in [-0.39, 0.29) is 23.5 Å². The maximum atomic E-state index is 11.2. The highest BCUT2D eigenvalue weighted by atomic mass is 16.4. The van der Waals surface area contributed by atoms with Crippen molar-refractivity contribution in [2.24, 2.45) is 5.92 Å². The first kappa shape index (κ1) is 12.7. The molecule has 0 bridgehead atoms. The predicted octanol–water partition coefficient (Wildman–Crippen LogP) is 2.44. The van der Waals surface area contributed by atoms with Gasteiger partial charge in [-0.1, -0.05) is 26.2 Å². The van der Waals surface area contributed by atoms with Crippen molar-refractivity contribution in [1.29, 1.82) is 0 Å². The zero-order chi connectivity index (χ0) is 12.1. The molecule has 4 heteroatoms. The first-order valence-corrected chi connectivity index (χ1v) is 5.77. The van der Waals surface area contributed by atoms with Crippen molar-refractivity contribution in [2.45, 2.75) is 45.4 Å². The van der Waals surface area contributed by atoms with Crippen molar-refractivity contribution in [2.75, 3.05) is 0 Å². The third-order valence-corrected chi connectivity index (χ3v) is 3.18. The van der Waals surface area contributed by atoms with Crippen LogP contribution in [0.4, 0.5) is 0 Å². The monoisotopic (exact) mass is 226 g/mol. The predicted molar refractivity (Wildman–Crippen MR) is 59.2 cm³/mol. The Morgan fingerprint density at radius 2 is 1.62 bits per heavy atom. The fourth-order valence-electron chi connectivity index (χ4n) is 2.40. The third kappa shape index (κ3) is 2.84. The number of aliphatic carboxylic acids is 2. The highest BCUT2D eigenvalue weighted by Gasteiger charge is 2.27. The Morgan fingerprint density at radius 1 is 1.06 bits per heavy atom. The summed E-state index contributed by atoms with van der Waals surface area (Å²) in [6.07, 6.45) is 5.00. The van der Waals surface area contributed by atoms with Crippen LogP contribution in [0.2, 0.25) is 0 Å². The number of carboxylic acids is 2. The van der Waals surface area contributed by atoms with Crippen molar-refractivity contribution >= 4 is 11.9 Å². The molecule has 1 aliphatic carbocycles. The van der Waals surface area contributed by atoms with Gasteiger partial charge in [0.1, 0.15) is 0 Å². The molecule has 2 N–H and O–H groups in total. The van der Waals surface area contributed by atoms with Crippen LogP contribution in [-0.2, 0) is 9.59 Å². The maximum Gasteiger partial charge on any atom is 0.332 e. The molecule has 0 atom stereocenters. The molecule has 0 aromatic heterocycles. The average Bonchev–Trinajstić information content (AvgIpc) is 2.25. The summed E-state index contributed by atoms with van der Waals surface area (Å²) in [7, 11) is 0. The van der Waals surface area contributed by atoms with E-state index in [4.69, 9.17) is 10.2 Å². The summed E-state index contributed by atoms with van der Waals surface area (Å²) in [5, 5.41) is 18.2. The third-order valence-electron chi connectivity index (χ3n) is 3.18. The highest BCUT2D eigenvalue weighted by Crippen LogP contribution is 2.32. The van der Waals surface area contributed by atoms with Gasteiger partial charge in [0.05, 0.1) is 5.57 Å². The van der Waals surface area contributed by atoms with Crippen LogP contribution >= 0.6 is 0 Å². The smallest absolute Gasteiger partial charge is 0.332 e. The first-order chi connectivity index (χ1) is 7.57. The molecule has 0 amide bonds. The van der Waals surface area contributed by atoms with Crippen molar-refractivity contribution in [3.05, 3.63) is 11.1 Å². The Labute approximate surface area is 95.0 Å². The molecule has 90 valence electrons. The fraction of sp³-hybridized carbons (Fsp3) is 0.667. The molecule has 0 aliphatic heterocycles. The lowest BCUT2D eigenvalue weighted by Crippen LogP contribution is -2.20. The summed E-state index contributed by atoms with van der Waals surface area (Å²) in [6.45, 7) is 1.69. The van der Waals surface area contributed by atoms with E-state index in [2.05, 4.69) is 0 Å². The molecule has 0 spiro atoms. The second-order valence-electron chi connectivity index (χ2n) is 4.19. The van der Waals surface area contributed by atoms with Crippen molar-refractivity contribution in [3.63, 3.8) is 0 Å². The SMILES string of the molecule is CCC(C(=O)O)=C(C(=O)O)C1CCCCC1. The average molecular weight is 226 g/mol. The Morgan fingerprint density at radius 3 is 2.00 bits per heavy atom. The van der Waals surface area contributed by atoms with Crippen molar-refractivity contribution in [3.8, 4) is 0 Å². The summed E-state index contributed by atoms with van der Waals surface area (Å²) in [5.41, 5.74) is 0.203. The highest BCUT2D eigenvalue weighted by molar-refractivity contribution is 5.99. The number of carbonyl (C=O) groups is 2. The number of rotatable bonds is 4. The summed E-state index contributed by atoms with van der Waals surface area (Å²) in [4.78, 5) is 22.2. The quantitative estimate of drug-likeness (QED) is 0.722. The summed E-state index contributed by atoms with van der Waals surface area (Å²) in [5.74, 6) is -2.23. The van der Waals surface area contributed by atoms with Crippen LogP contribution in [0.1, 0.15) is 45.4 Å². The fourth-order valence-corrected chi connectivity index (χ4v) is 2.40. The molecular formula is C12H18O4. The first-order valence-electron chi connectivity index (χ1n) is 5.77. The molecule has 0 saturated heterocycles. The Kier molecular flexibility index (Phi) is 4.52. The summed E-state index contributed by atoms with van der Waals surface area (Å²) in [6, 6.07) is 0. The van der Waals surface area contributed by atoms with Gasteiger partial charge in [0.25, 0.3) is 0 Å².